The molecule has 2 amide bonds. The summed E-state index contributed by atoms with van der Waals surface area (Å²) in [7, 11) is -2.76. The van der Waals surface area contributed by atoms with Crippen LogP contribution in [0.3, 0.4) is 0 Å². The van der Waals surface area contributed by atoms with Crippen molar-refractivity contribution in [3.05, 3.63) is 60.7 Å². The molecule has 0 atom stereocenters. The highest BCUT2D eigenvalue weighted by Gasteiger charge is 2.50. The summed E-state index contributed by atoms with van der Waals surface area (Å²) < 4.78 is 18.1. The number of rotatable bonds is 7. The molecular weight excluding hydrogens is 508 g/mol. The second kappa shape index (κ2) is 12.1. The van der Waals surface area contributed by atoms with E-state index < -0.39 is 37.2 Å². The fourth-order valence-corrected chi connectivity index (χ4v) is 9.03. The van der Waals surface area contributed by atoms with E-state index in [1.54, 1.807) is 41.5 Å². The number of carbonyl (C=O) groups excluding carboxylic acids is 2. The number of ether oxygens (including phenoxy) is 2. The van der Waals surface area contributed by atoms with E-state index in [4.69, 9.17) is 13.9 Å². The maximum Gasteiger partial charge on any atom is 0.429 e. The molecule has 2 aromatic carbocycles. The summed E-state index contributed by atoms with van der Waals surface area (Å²) in [6, 6.07) is 20.8. The van der Waals surface area contributed by atoms with E-state index in [-0.39, 0.29) is 5.04 Å². The second-order valence-corrected chi connectivity index (χ2v) is 17.8. The molecule has 0 heterocycles. The van der Waals surface area contributed by atoms with Gasteiger partial charge in [0.1, 0.15) is 11.2 Å². The fourth-order valence-electron chi connectivity index (χ4n) is 4.47. The average molecular weight is 557 g/mol. The number of nitrogens with zero attached hydrogens (tertiary/aromatic N) is 1. The van der Waals surface area contributed by atoms with E-state index in [0.29, 0.717) is 13.0 Å². The first-order valence-electron chi connectivity index (χ1n) is 13.6. The third-order valence-electron chi connectivity index (χ3n) is 6.23. The van der Waals surface area contributed by atoms with Crippen LogP contribution in [-0.2, 0) is 13.9 Å². The third kappa shape index (κ3) is 8.83. The normalized spacial score (nSPS) is 13.0. The van der Waals surface area contributed by atoms with E-state index in [0.717, 1.165) is 0 Å². The number of benzene rings is 2. The first kappa shape index (κ1) is 32.4. The molecule has 0 saturated heterocycles. The van der Waals surface area contributed by atoms with Gasteiger partial charge in [0, 0.05) is 6.61 Å². The van der Waals surface area contributed by atoms with Gasteiger partial charge in [-0.25, -0.2) is 20.0 Å². The van der Waals surface area contributed by atoms with Gasteiger partial charge in [0.2, 0.25) is 0 Å². The Balaban J connectivity index is 2.41. The van der Waals surface area contributed by atoms with Gasteiger partial charge in [0.25, 0.3) is 8.32 Å². The molecule has 2 aromatic rings. The van der Waals surface area contributed by atoms with E-state index in [2.05, 4.69) is 50.5 Å². The van der Waals surface area contributed by atoms with Crippen molar-refractivity contribution in [3.8, 4) is 0 Å². The molecule has 0 spiro atoms. The van der Waals surface area contributed by atoms with Crippen LogP contribution in [0.4, 0.5) is 9.59 Å². The van der Waals surface area contributed by atoms with Gasteiger partial charge in [-0.05, 0) is 77.2 Å². The van der Waals surface area contributed by atoms with Crippen LogP contribution in [0, 0.1) is 0 Å². The Bertz CT molecular complexity index is 1040. The van der Waals surface area contributed by atoms with Gasteiger partial charge in [0.15, 0.2) is 0 Å². The first-order chi connectivity index (χ1) is 17.8. The van der Waals surface area contributed by atoms with Crippen molar-refractivity contribution in [3.63, 3.8) is 0 Å². The molecule has 1 N–H and O–H groups in total. The summed E-state index contributed by atoms with van der Waals surface area (Å²) >= 11 is 0. The summed E-state index contributed by atoms with van der Waals surface area (Å²) in [5.41, 5.74) is 0.309. The lowest BCUT2D eigenvalue weighted by atomic mass is 10.0. The molecule has 0 aromatic heterocycles. The summed E-state index contributed by atoms with van der Waals surface area (Å²) in [5.74, 6) is 0. The molecular formula is C31H48N2O5Si. The van der Waals surface area contributed by atoms with Gasteiger partial charge in [-0.1, -0.05) is 81.4 Å². The van der Waals surface area contributed by atoms with Crippen LogP contribution < -0.4 is 15.8 Å². The molecule has 0 bridgehead atoms. The summed E-state index contributed by atoms with van der Waals surface area (Å²) in [6.45, 7) is 21.5. The smallest absolute Gasteiger partial charge is 0.429 e. The first-order valence-corrected chi connectivity index (χ1v) is 15.5. The number of nitrogens with one attached hydrogen (secondary N) is 1. The van der Waals surface area contributed by atoms with E-state index in [1.165, 1.54) is 15.4 Å². The molecule has 0 aliphatic rings. The Morgan fingerprint density at radius 2 is 1.15 bits per heavy atom. The zero-order chi connectivity index (χ0) is 29.7. The lowest BCUT2D eigenvalue weighted by Crippen LogP contribution is -2.67. The Morgan fingerprint density at radius 1 is 0.718 bits per heavy atom. The van der Waals surface area contributed by atoms with Gasteiger partial charge >= 0.3 is 12.2 Å². The highest BCUT2D eigenvalue weighted by Crippen LogP contribution is 2.37. The van der Waals surface area contributed by atoms with Gasteiger partial charge in [0.05, 0.1) is 5.54 Å². The number of hydrogen-bond donors (Lipinski definition) is 1. The largest absolute Gasteiger partial charge is 0.443 e. The SMILES string of the molecule is CC(C)(C)OC(=O)NN(C(=O)OC(C)(C)C)C(C)(C)CCO[Si](c1ccccc1)(c1ccccc1)C(C)(C)C. The Kier molecular flexibility index (Phi) is 10.1. The zero-order valence-electron chi connectivity index (χ0n) is 25.7. The van der Waals surface area contributed by atoms with Crippen LogP contribution in [-0.4, -0.2) is 48.9 Å². The monoisotopic (exact) mass is 556 g/mol. The van der Waals surface area contributed by atoms with E-state index >= 15 is 0 Å². The predicted octanol–water partition coefficient (Wildman–Crippen LogP) is 6.41. The molecule has 0 radical (unpaired) electrons. The molecule has 0 fully saturated rings. The van der Waals surface area contributed by atoms with Gasteiger partial charge in [-0.2, -0.15) is 0 Å². The van der Waals surface area contributed by atoms with Crippen molar-refractivity contribution in [2.75, 3.05) is 6.61 Å². The van der Waals surface area contributed by atoms with Crippen LogP contribution in [0.5, 0.6) is 0 Å². The average Bonchev–Trinajstić information content (AvgIpc) is 2.78. The number of amides is 2. The lowest BCUT2D eigenvalue weighted by molar-refractivity contribution is -0.0284. The quantitative estimate of drug-likeness (QED) is 0.315. The molecule has 0 saturated carbocycles. The third-order valence-corrected chi connectivity index (χ3v) is 11.3. The maximum absolute atomic E-state index is 13.3. The van der Waals surface area contributed by atoms with E-state index in [9.17, 15) is 9.59 Å². The zero-order valence-corrected chi connectivity index (χ0v) is 26.7. The minimum atomic E-state index is -2.76. The van der Waals surface area contributed by atoms with Crippen molar-refractivity contribution in [1.82, 2.24) is 10.4 Å². The lowest BCUT2D eigenvalue weighted by Gasteiger charge is -2.44. The minimum absolute atomic E-state index is 0.181. The number of hydrogen-bond acceptors (Lipinski definition) is 5. The molecule has 7 nitrogen and oxygen atoms in total. The van der Waals surface area contributed by atoms with Crippen LogP contribution in [0.15, 0.2) is 60.7 Å². The molecule has 2 rings (SSSR count). The van der Waals surface area contributed by atoms with Crippen LogP contribution >= 0.6 is 0 Å². The van der Waals surface area contributed by atoms with Crippen LogP contribution in [0.2, 0.25) is 5.04 Å². The van der Waals surface area contributed by atoms with Crippen molar-refractivity contribution in [2.45, 2.75) is 104 Å². The van der Waals surface area contributed by atoms with Gasteiger partial charge in [-0.15, -0.1) is 0 Å². The summed E-state index contributed by atoms with van der Waals surface area (Å²) in [4.78, 5) is 26.0. The Morgan fingerprint density at radius 3 is 1.54 bits per heavy atom. The number of hydrazine groups is 1. The highest BCUT2D eigenvalue weighted by molar-refractivity contribution is 6.99. The van der Waals surface area contributed by atoms with Crippen LogP contribution in [0.25, 0.3) is 0 Å². The summed E-state index contributed by atoms with van der Waals surface area (Å²) in [5, 5.41) is 3.40. The molecule has 0 unspecified atom stereocenters. The minimum Gasteiger partial charge on any atom is -0.443 e. The summed E-state index contributed by atoms with van der Waals surface area (Å²) in [6.07, 6.45) is -0.954. The van der Waals surface area contributed by atoms with Gasteiger partial charge in [-0.3, -0.25) is 0 Å². The molecule has 39 heavy (non-hydrogen) atoms. The molecule has 8 heteroatoms. The Labute approximate surface area is 236 Å². The maximum atomic E-state index is 13.3. The number of carbonyl (C=O) groups is 2. The van der Waals surface area contributed by atoms with Gasteiger partial charge < -0.3 is 13.9 Å². The highest BCUT2D eigenvalue weighted by atomic mass is 28.4. The standard InChI is InChI=1S/C31H48N2O5Si/c1-28(2,3)37-26(34)32-33(27(35)38-29(4,5)6)31(10,11)22-23-36-39(30(7,8)9,24-18-14-12-15-19-24)25-20-16-13-17-21-25/h12-21H,22-23H2,1-11H3,(H,32,34). The van der Waals surface area contributed by atoms with Crippen molar-refractivity contribution in [1.29, 1.82) is 0 Å². The van der Waals surface area contributed by atoms with E-state index in [1.807, 2.05) is 50.2 Å². The van der Waals surface area contributed by atoms with Crippen molar-refractivity contribution in [2.24, 2.45) is 0 Å². The molecule has 0 aliphatic heterocycles. The Hall–Kier alpha value is -2.84. The molecule has 0 aliphatic carbocycles. The van der Waals surface area contributed by atoms with Crippen LogP contribution in [0.1, 0.15) is 82.6 Å². The molecule has 216 valence electrons. The van der Waals surface area contributed by atoms with Crippen molar-refractivity contribution >= 4 is 30.9 Å². The topological polar surface area (TPSA) is 77.1 Å². The fraction of sp³-hybridized carbons (Fsp3) is 0.548. The predicted molar refractivity (Wildman–Crippen MR) is 160 cm³/mol. The second-order valence-electron chi connectivity index (χ2n) is 13.5. The van der Waals surface area contributed by atoms with Crippen molar-refractivity contribution < 1.29 is 23.5 Å².